The lowest BCUT2D eigenvalue weighted by atomic mass is 9.99. The minimum atomic E-state index is -0.328. The van der Waals surface area contributed by atoms with E-state index in [4.69, 9.17) is 4.52 Å². The Morgan fingerprint density at radius 2 is 2.35 bits per heavy atom. The van der Waals surface area contributed by atoms with Crippen LogP contribution in [0.3, 0.4) is 0 Å². The minimum absolute atomic E-state index is 0.131. The smallest absolute Gasteiger partial charge is 0.302 e. The van der Waals surface area contributed by atoms with Crippen molar-refractivity contribution in [3.8, 4) is 0 Å². The highest BCUT2D eigenvalue weighted by Crippen LogP contribution is 2.28. The zero-order chi connectivity index (χ0) is 14.1. The third kappa shape index (κ3) is 2.34. The maximum absolute atomic E-state index is 11.0. The number of rotatable bonds is 2. The number of carbonyl (C=O) groups is 1. The van der Waals surface area contributed by atoms with Gasteiger partial charge in [-0.25, -0.2) is 0 Å². The molecule has 1 aliphatic heterocycles. The Morgan fingerprint density at radius 1 is 1.55 bits per heavy atom. The van der Waals surface area contributed by atoms with Crippen molar-refractivity contribution in [1.82, 2.24) is 10.6 Å². The van der Waals surface area contributed by atoms with Crippen LogP contribution >= 0.6 is 15.9 Å². The highest BCUT2D eigenvalue weighted by atomic mass is 79.9. The van der Waals surface area contributed by atoms with Crippen LogP contribution < -0.4 is 10.00 Å². The second kappa shape index (κ2) is 5.34. The SMILES string of the molecule is CC(=O)[N-]c1on[n+](C2NCCc3ccccc32)c1Br. The van der Waals surface area contributed by atoms with E-state index in [2.05, 4.69) is 44.0 Å². The van der Waals surface area contributed by atoms with Gasteiger partial charge in [0.2, 0.25) is 0 Å². The first-order valence-electron chi connectivity index (χ1n) is 6.27. The summed E-state index contributed by atoms with van der Waals surface area (Å²) >= 11 is 3.39. The number of carbonyl (C=O) groups excluding carboxylic acids is 1. The van der Waals surface area contributed by atoms with Crippen molar-refractivity contribution in [3.63, 3.8) is 0 Å². The number of nitrogens with one attached hydrogen (secondary N) is 1. The van der Waals surface area contributed by atoms with Gasteiger partial charge in [-0.2, -0.15) is 0 Å². The molecule has 0 fully saturated rings. The van der Waals surface area contributed by atoms with Crippen LogP contribution in [0.5, 0.6) is 0 Å². The summed E-state index contributed by atoms with van der Waals surface area (Å²) in [6.45, 7) is 2.22. The van der Waals surface area contributed by atoms with Crippen LogP contribution in [0.15, 0.2) is 33.4 Å². The van der Waals surface area contributed by atoms with Crippen LogP contribution in [0.25, 0.3) is 5.32 Å². The number of nitrogens with zero attached hydrogens (tertiary/aromatic N) is 3. The normalized spacial score (nSPS) is 17.6. The van der Waals surface area contributed by atoms with Gasteiger partial charge < -0.3 is 14.6 Å². The molecule has 0 spiro atoms. The Balaban J connectivity index is 1.99. The summed E-state index contributed by atoms with van der Waals surface area (Å²) in [7, 11) is 0. The molecule has 0 saturated heterocycles. The zero-order valence-corrected chi connectivity index (χ0v) is 12.4. The van der Waals surface area contributed by atoms with E-state index in [-0.39, 0.29) is 18.0 Å². The van der Waals surface area contributed by atoms with Crippen molar-refractivity contribution in [1.29, 1.82) is 0 Å². The monoisotopic (exact) mass is 336 g/mol. The summed E-state index contributed by atoms with van der Waals surface area (Å²) in [6, 6.07) is 8.19. The Morgan fingerprint density at radius 3 is 3.15 bits per heavy atom. The number of amides is 1. The van der Waals surface area contributed by atoms with Gasteiger partial charge in [0.25, 0.3) is 6.17 Å². The first-order valence-corrected chi connectivity index (χ1v) is 7.06. The zero-order valence-electron chi connectivity index (χ0n) is 10.8. The molecule has 0 aliphatic carbocycles. The molecule has 104 valence electrons. The third-order valence-electron chi connectivity index (χ3n) is 3.18. The lowest BCUT2D eigenvalue weighted by molar-refractivity contribution is -0.790. The fraction of sp³-hybridized carbons (Fsp3) is 0.308. The number of hydrogen-bond donors (Lipinski definition) is 1. The van der Waals surface area contributed by atoms with E-state index >= 15 is 0 Å². The van der Waals surface area contributed by atoms with Crippen molar-refractivity contribution in [2.24, 2.45) is 0 Å². The van der Waals surface area contributed by atoms with E-state index in [0.717, 1.165) is 18.5 Å². The topological polar surface area (TPSA) is 73.1 Å². The van der Waals surface area contributed by atoms with Crippen molar-refractivity contribution in [3.05, 3.63) is 45.3 Å². The molecule has 1 aliphatic rings. The second-order valence-electron chi connectivity index (χ2n) is 4.55. The Labute approximate surface area is 124 Å². The molecule has 0 radical (unpaired) electrons. The van der Waals surface area contributed by atoms with Crippen LogP contribution in [-0.4, -0.2) is 17.7 Å². The lowest BCUT2D eigenvalue weighted by Gasteiger charge is -2.20. The second-order valence-corrected chi connectivity index (χ2v) is 5.30. The van der Waals surface area contributed by atoms with Gasteiger partial charge in [0.15, 0.2) is 5.27 Å². The maximum Gasteiger partial charge on any atom is 0.302 e. The number of benzene rings is 1. The molecule has 2 aromatic rings. The average Bonchev–Trinajstić information content (AvgIpc) is 2.79. The summed E-state index contributed by atoms with van der Waals surface area (Å²) in [5.41, 5.74) is 2.43. The largest absolute Gasteiger partial charge is 0.588 e. The van der Waals surface area contributed by atoms with E-state index in [1.54, 1.807) is 4.68 Å². The molecule has 1 aromatic heterocycles. The van der Waals surface area contributed by atoms with Gasteiger partial charge >= 0.3 is 4.60 Å². The van der Waals surface area contributed by atoms with E-state index in [1.165, 1.54) is 12.5 Å². The number of halogens is 1. The van der Waals surface area contributed by atoms with Gasteiger partial charge in [0, 0.05) is 28.0 Å². The van der Waals surface area contributed by atoms with Gasteiger partial charge in [0.05, 0.1) is 5.91 Å². The molecular formula is C13H13BrN4O2. The predicted molar refractivity (Wildman–Crippen MR) is 74.4 cm³/mol. The molecule has 1 aromatic carbocycles. The van der Waals surface area contributed by atoms with E-state index in [0.29, 0.717) is 4.60 Å². The van der Waals surface area contributed by atoms with E-state index in [1.807, 2.05) is 12.1 Å². The molecule has 20 heavy (non-hydrogen) atoms. The Kier molecular flexibility index (Phi) is 3.54. The molecule has 1 N–H and O–H groups in total. The molecule has 1 atom stereocenters. The molecule has 0 saturated carbocycles. The third-order valence-corrected chi connectivity index (χ3v) is 3.88. The van der Waals surface area contributed by atoms with Crippen molar-refractivity contribution < 1.29 is 14.0 Å². The van der Waals surface area contributed by atoms with Gasteiger partial charge in [-0.15, -0.1) is 0 Å². The summed E-state index contributed by atoms with van der Waals surface area (Å²) in [6.07, 6.45) is 0.849. The van der Waals surface area contributed by atoms with Crippen LogP contribution in [0.1, 0.15) is 24.2 Å². The molecule has 0 bridgehead atoms. The van der Waals surface area contributed by atoms with Crippen molar-refractivity contribution in [2.45, 2.75) is 19.5 Å². The molecular weight excluding hydrogens is 324 g/mol. The fourth-order valence-electron chi connectivity index (χ4n) is 2.32. The molecule has 2 heterocycles. The summed E-state index contributed by atoms with van der Waals surface area (Å²) in [5.74, 6) is -0.145. The molecule has 1 unspecified atom stereocenters. The van der Waals surface area contributed by atoms with Crippen LogP contribution in [-0.2, 0) is 11.2 Å². The highest BCUT2D eigenvalue weighted by Gasteiger charge is 2.33. The average molecular weight is 337 g/mol. The van der Waals surface area contributed by atoms with Gasteiger partial charge in [-0.05, 0) is 23.6 Å². The summed E-state index contributed by atoms with van der Waals surface area (Å²) < 4.78 is 7.31. The molecule has 6 nitrogen and oxygen atoms in total. The van der Waals surface area contributed by atoms with Gasteiger partial charge in [-0.1, -0.05) is 24.3 Å². The van der Waals surface area contributed by atoms with Gasteiger partial charge in [0.1, 0.15) is 5.88 Å². The number of fused-ring (bicyclic) bond motifs is 1. The first kappa shape index (κ1) is 13.3. The number of hydrogen-bond acceptors (Lipinski definition) is 4. The van der Waals surface area contributed by atoms with Crippen LogP contribution in [0, 0.1) is 0 Å². The first-order chi connectivity index (χ1) is 9.66. The highest BCUT2D eigenvalue weighted by molar-refractivity contribution is 9.10. The molecule has 3 rings (SSSR count). The lowest BCUT2D eigenvalue weighted by Crippen LogP contribution is -2.52. The van der Waals surface area contributed by atoms with E-state index < -0.39 is 0 Å². The van der Waals surface area contributed by atoms with Crippen LogP contribution in [0.4, 0.5) is 5.88 Å². The van der Waals surface area contributed by atoms with Gasteiger partial charge in [-0.3, -0.25) is 5.32 Å². The summed E-state index contributed by atoms with van der Waals surface area (Å²) in [4.78, 5) is 11.0. The standard InChI is InChI=1S/C13H13BrN4O2/c1-8(19)16-13-11(14)18(17-20-13)12-10-5-3-2-4-9(10)6-7-15-12/h2-5,12,15H,6-7H2,1H3. The van der Waals surface area contributed by atoms with Crippen LogP contribution in [0.2, 0.25) is 0 Å². The number of aromatic nitrogens is 2. The maximum atomic E-state index is 11.0. The van der Waals surface area contributed by atoms with Crippen molar-refractivity contribution >= 4 is 27.7 Å². The summed E-state index contributed by atoms with van der Waals surface area (Å²) in [5, 5.41) is 11.1. The Bertz CT molecular complexity index is 656. The Hall–Kier alpha value is -1.73. The van der Waals surface area contributed by atoms with Crippen molar-refractivity contribution in [2.75, 3.05) is 6.54 Å². The fourth-order valence-corrected chi connectivity index (χ4v) is 2.76. The predicted octanol–water partition coefficient (Wildman–Crippen LogP) is 1.97. The van der Waals surface area contributed by atoms with E-state index in [9.17, 15) is 4.79 Å². The molecule has 1 amide bonds. The minimum Gasteiger partial charge on any atom is -0.588 e. The quantitative estimate of drug-likeness (QED) is 0.851. The molecule has 7 heteroatoms.